The number of carbonyl (C=O) groups excluding carboxylic acids is 1. The van der Waals surface area contributed by atoms with Crippen molar-refractivity contribution >= 4 is 27.9 Å². The van der Waals surface area contributed by atoms with Crippen LogP contribution in [0.4, 0.5) is 5.69 Å². The van der Waals surface area contributed by atoms with Crippen LogP contribution in [-0.4, -0.2) is 39.2 Å². The van der Waals surface area contributed by atoms with Crippen LogP contribution in [0, 0.1) is 0 Å². The number of nitrogens with one attached hydrogen (secondary N) is 1. The number of ether oxygens (including phenoxy) is 1. The number of carbonyl (C=O) groups is 1. The van der Waals surface area contributed by atoms with Crippen molar-refractivity contribution in [1.82, 2.24) is 0 Å². The molecule has 0 aliphatic heterocycles. The number of oxime groups is 1. The first-order valence-electron chi connectivity index (χ1n) is 4.75. The third-order valence-electron chi connectivity index (χ3n) is 1.96. The molecule has 0 aliphatic carbocycles. The maximum absolute atomic E-state index is 11.3. The van der Waals surface area contributed by atoms with Crippen LogP contribution in [0.25, 0.3) is 0 Å². The molecule has 0 aromatic heterocycles. The highest BCUT2D eigenvalue weighted by Gasteiger charge is 2.11. The molecule has 1 aromatic rings. The van der Waals surface area contributed by atoms with Gasteiger partial charge >= 0.3 is 5.97 Å². The summed E-state index contributed by atoms with van der Waals surface area (Å²) in [7, 11) is -2.24. The van der Waals surface area contributed by atoms with E-state index in [1.807, 2.05) is 0 Å². The Balaban J connectivity index is 3.24. The summed E-state index contributed by atoms with van der Waals surface area (Å²) < 4.78 is 29.0. The summed E-state index contributed by atoms with van der Waals surface area (Å²) in [6.07, 6.45) is 2.00. The maximum Gasteiger partial charge on any atom is 0.337 e. The van der Waals surface area contributed by atoms with Gasteiger partial charge in [-0.05, 0) is 18.2 Å². The van der Waals surface area contributed by atoms with Gasteiger partial charge in [-0.25, -0.2) is 13.2 Å². The summed E-state index contributed by atoms with van der Waals surface area (Å²) in [4.78, 5) is 11.3. The van der Waals surface area contributed by atoms with Crippen LogP contribution >= 0.6 is 0 Å². The number of anilines is 1. The zero-order chi connectivity index (χ0) is 13.8. The van der Waals surface area contributed by atoms with E-state index in [0.717, 1.165) is 12.5 Å². The molecule has 0 fully saturated rings. The van der Waals surface area contributed by atoms with E-state index in [-0.39, 0.29) is 16.8 Å². The third-order valence-corrected chi connectivity index (χ3v) is 2.56. The van der Waals surface area contributed by atoms with Crippen LogP contribution in [-0.2, 0) is 14.8 Å². The Kier molecular flexibility index (Phi) is 4.27. The van der Waals surface area contributed by atoms with Gasteiger partial charge in [-0.15, -0.1) is 0 Å². The van der Waals surface area contributed by atoms with Gasteiger partial charge in [0.1, 0.15) is 0 Å². The van der Waals surface area contributed by atoms with Gasteiger partial charge in [0, 0.05) is 5.56 Å². The molecule has 98 valence electrons. The highest BCUT2D eigenvalue weighted by atomic mass is 32.2. The van der Waals surface area contributed by atoms with E-state index < -0.39 is 16.0 Å². The first-order valence-corrected chi connectivity index (χ1v) is 6.64. The number of methoxy groups -OCH3 is 1. The Hall–Kier alpha value is -2.09. The molecular weight excluding hydrogens is 260 g/mol. The fourth-order valence-electron chi connectivity index (χ4n) is 1.27. The molecule has 0 saturated heterocycles. The largest absolute Gasteiger partial charge is 0.465 e. The minimum Gasteiger partial charge on any atom is -0.465 e. The Morgan fingerprint density at radius 1 is 1.50 bits per heavy atom. The number of sulfonamides is 1. The normalized spacial score (nSPS) is 11.4. The lowest BCUT2D eigenvalue weighted by Gasteiger charge is -2.08. The van der Waals surface area contributed by atoms with E-state index in [0.29, 0.717) is 0 Å². The van der Waals surface area contributed by atoms with E-state index in [2.05, 4.69) is 14.6 Å². The zero-order valence-corrected chi connectivity index (χ0v) is 10.6. The predicted molar refractivity (Wildman–Crippen MR) is 65.6 cm³/mol. The molecule has 7 nitrogen and oxygen atoms in total. The SMILES string of the molecule is COC(=O)c1ccc(NS(C)(=O)=O)c(C=NO)c1. The zero-order valence-electron chi connectivity index (χ0n) is 9.75. The molecule has 0 bridgehead atoms. The van der Waals surface area contributed by atoms with Crippen molar-refractivity contribution < 1.29 is 23.2 Å². The Labute approximate surface area is 104 Å². The number of hydrogen-bond donors (Lipinski definition) is 2. The second-order valence-corrected chi connectivity index (χ2v) is 5.16. The van der Waals surface area contributed by atoms with Crippen molar-refractivity contribution in [2.24, 2.45) is 5.16 Å². The highest BCUT2D eigenvalue weighted by Crippen LogP contribution is 2.17. The number of nitrogens with zero attached hydrogens (tertiary/aromatic N) is 1. The van der Waals surface area contributed by atoms with Gasteiger partial charge in [0.05, 0.1) is 30.8 Å². The third kappa shape index (κ3) is 3.74. The van der Waals surface area contributed by atoms with E-state index in [4.69, 9.17) is 5.21 Å². The number of hydrogen-bond acceptors (Lipinski definition) is 6. The van der Waals surface area contributed by atoms with Crippen molar-refractivity contribution in [3.05, 3.63) is 29.3 Å². The molecule has 1 aromatic carbocycles. The van der Waals surface area contributed by atoms with Gasteiger partial charge in [0.2, 0.25) is 10.0 Å². The van der Waals surface area contributed by atoms with Gasteiger partial charge in [0.25, 0.3) is 0 Å². The fraction of sp³-hybridized carbons (Fsp3) is 0.200. The average Bonchev–Trinajstić information content (AvgIpc) is 2.29. The maximum atomic E-state index is 11.3. The van der Waals surface area contributed by atoms with E-state index in [1.54, 1.807) is 0 Å². The van der Waals surface area contributed by atoms with Gasteiger partial charge in [-0.2, -0.15) is 0 Å². The molecule has 2 N–H and O–H groups in total. The molecule has 1 rings (SSSR count). The van der Waals surface area contributed by atoms with Gasteiger partial charge in [-0.3, -0.25) is 4.72 Å². The molecule has 0 heterocycles. The molecule has 0 atom stereocenters. The van der Waals surface area contributed by atoms with E-state index >= 15 is 0 Å². The van der Waals surface area contributed by atoms with Crippen LogP contribution in [0.15, 0.2) is 23.4 Å². The van der Waals surface area contributed by atoms with Crippen LogP contribution in [0.1, 0.15) is 15.9 Å². The molecule has 0 aliphatic rings. The smallest absolute Gasteiger partial charge is 0.337 e. The van der Waals surface area contributed by atoms with Crippen LogP contribution in [0.5, 0.6) is 0 Å². The molecule has 0 radical (unpaired) electrons. The molecule has 18 heavy (non-hydrogen) atoms. The molecule has 0 spiro atoms. The average molecular weight is 272 g/mol. The number of rotatable bonds is 4. The van der Waals surface area contributed by atoms with E-state index in [1.165, 1.54) is 25.3 Å². The summed E-state index contributed by atoms with van der Waals surface area (Å²) in [5.74, 6) is -0.575. The number of esters is 1. The van der Waals surface area contributed by atoms with Crippen molar-refractivity contribution in [2.45, 2.75) is 0 Å². The van der Waals surface area contributed by atoms with Crippen molar-refractivity contribution in [1.29, 1.82) is 0 Å². The van der Waals surface area contributed by atoms with Crippen molar-refractivity contribution in [3.63, 3.8) is 0 Å². The number of benzene rings is 1. The van der Waals surface area contributed by atoms with E-state index in [9.17, 15) is 13.2 Å². The van der Waals surface area contributed by atoms with Crippen LogP contribution in [0.2, 0.25) is 0 Å². The first-order chi connectivity index (χ1) is 8.37. The van der Waals surface area contributed by atoms with Crippen molar-refractivity contribution in [2.75, 3.05) is 18.1 Å². The summed E-state index contributed by atoms with van der Waals surface area (Å²) in [5.41, 5.74) is 0.653. The molecule has 8 heteroatoms. The summed E-state index contributed by atoms with van der Waals surface area (Å²) in [6.45, 7) is 0. The second-order valence-electron chi connectivity index (χ2n) is 3.41. The van der Waals surface area contributed by atoms with Gasteiger partial charge < -0.3 is 9.94 Å². The topological polar surface area (TPSA) is 105 Å². The lowest BCUT2D eigenvalue weighted by atomic mass is 10.1. The monoisotopic (exact) mass is 272 g/mol. The lowest BCUT2D eigenvalue weighted by molar-refractivity contribution is 0.0600. The van der Waals surface area contributed by atoms with Crippen LogP contribution < -0.4 is 4.72 Å². The molecule has 0 unspecified atom stereocenters. The Morgan fingerprint density at radius 2 is 2.17 bits per heavy atom. The molecule has 0 saturated carbocycles. The second kappa shape index (κ2) is 5.50. The fourth-order valence-corrected chi connectivity index (χ4v) is 1.85. The quantitative estimate of drug-likeness (QED) is 0.362. The van der Waals surface area contributed by atoms with Gasteiger partial charge in [-0.1, -0.05) is 5.16 Å². The summed E-state index contributed by atoms with van der Waals surface area (Å²) in [6, 6.07) is 4.12. The highest BCUT2D eigenvalue weighted by molar-refractivity contribution is 7.92. The first kappa shape index (κ1) is 14.0. The van der Waals surface area contributed by atoms with Gasteiger partial charge in [0.15, 0.2) is 0 Å². The minimum absolute atomic E-state index is 0.197. The van der Waals surface area contributed by atoms with Crippen molar-refractivity contribution in [3.8, 4) is 0 Å². The molecule has 0 amide bonds. The Morgan fingerprint density at radius 3 is 2.67 bits per heavy atom. The summed E-state index contributed by atoms with van der Waals surface area (Å²) in [5, 5.41) is 11.3. The Bertz CT molecular complexity index is 580. The molecular formula is C10H12N2O5S. The predicted octanol–water partition coefficient (Wildman–Crippen LogP) is 0.653. The minimum atomic E-state index is -3.47. The van der Waals surface area contributed by atoms with Crippen LogP contribution in [0.3, 0.4) is 0 Å². The standard InChI is InChI=1S/C10H12N2O5S/c1-17-10(13)7-3-4-9(12-18(2,15)16)8(5-7)6-11-14/h3-6,12,14H,1-2H3. The summed E-state index contributed by atoms with van der Waals surface area (Å²) >= 11 is 0. The lowest BCUT2D eigenvalue weighted by Crippen LogP contribution is -2.12.